The van der Waals surface area contributed by atoms with Gasteiger partial charge in [0.05, 0.1) is 11.0 Å². The molecule has 0 saturated heterocycles. The molecule has 0 aliphatic rings. The molecule has 1 amide bonds. The molecule has 3 N–H and O–H groups in total. The van der Waals surface area contributed by atoms with Crippen molar-refractivity contribution in [3.63, 3.8) is 0 Å². The van der Waals surface area contributed by atoms with E-state index in [1.807, 2.05) is 0 Å². The Morgan fingerprint density at radius 3 is 2.83 bits per heavy atom. The van der Waals surface area contributed by atoms with Crippen molar-refractivity contribution in [2.75, 3.05) is 12.3 Å². The fourth-order valence-corrected chi connectivity index (χ4v) is 1.30. The van der Waals surface area contributed by atoms with Gasteiger partial charge in [0.25, 0.3) is 5.69 Å². The summed E-state index contributed by atoms with van der Waals surface area (Å²) in [6.07, 6.45) is 2.94. The van der Waals surface area contributed by atoms with E-state index in [0.29, 0.717) is 0 Å². The number of nitrogens with one attached hydrogen (secondary N) is 1. The number of nitrogens with zero attached hydrogens (tertiary/aromatic N) is 1. The number of rotatable bonds is 4. The number of nitro benzene ring substituents is 1. The summed E-state index contributed by atoms with van der Waals surface area (Å²) >= 11 is 0. The van der Waals surface area contributed by atoms with E-state index < -0.39 is 16.4 Å². The first kappa shape index (κ1) is 13.6. The number of nitrogens with two attached hydrogens (primary N) is 1. The van der Waals surface area contributed by atoms with E-state index in [1.165, 1.54) is 19.1 Å². The molecule has 0 heterocycles. The van der Waals surface area contributed by atoms with Crippen molar-refractivity contribution in [1.29, 1.82) is 0 Å². The molecule has 0 bridgehead atoms. The number of nitrogen functional groups attached to an aromatic ring is 1. The number of amides is 1. The second kappa shape index (κ2) is 5.76. The molecule has 0 radical (unpaired) electrons. The molecule has 0 unspecified atom stereocenters. The first-order valence-electron chi connectivity index (χ1n) is 5.06. The van der Waals surface area contributed by atoms with Gasteiger partial charge in [-0.15, -0.1) is 0 Å². The van der Waals surface area contributed by atoms with E-state index in [1.54, 1.807) is 0 Å². The molecule has 1 rings (SSSR count). The molecule has 0 saturated carbocycles. The lowest BCUT2D eigenvalue weighted by Crippen LogP contribution is -2.19. The number of hydrogen-bond acceptors (Lipinski definition) is 4. The Balaban J connectivity index is 2.95. The zero-order valence-corrected chi connectivity index (χ0v) is 9.64. The SMILES string of the molecule is CC(=O)NCC=Cc1cc(F)cc([N+](=O)[O-])c1N. The first-order chi connectivity index (χ1) is 8.41. The van der Waals surface area contributed by atoms with Gasteiger partial charge < -0.3 is 11.1 Å². The maximum absolute atomic E-state index is 13.1. The second-order valence-corrected chi connectivity index (χ2v) is 3.52. The van der Waals surface area contributed by atoms with E-state index in [9.17, 15) is 19.3 Å². The Kier molecular flexibility index (Phi) is 4.36. The molecule has 18 heavy (non-hydrogen) atoms. The highest BCUT2D eigenvalue weighted by Crippen LogP contribution is 2.27. The largest absolute Gasteiger partial charge is 0.393 e. The van der Waals surface area contributed by atoms with Crippen molar-refractivity contribution in [2.45, 2.75) is 6.92 Å². The molecule has 0 aliphatic heterocycles. The Morgan fingerprint density at radius 2 is 2.28 bits per heavy atom. The minimum Gasteiger partial charge on any atom is -0.393 e. The number of carbonyl (C=O) groups is 1. The number of anilines is 1. The van der Waals surface area contributed by atoms with Gasteiger partial charge in [0.2, 0.25) is 5.91 Å². The molecular formula is C11H12FN3O3. The van der Waals surface area contributed by atoms with Crippen LogP contribution in [0.4, 0.5) is 15.8 Å². The molecular weight excluding hydrogens is 241 g/mol. The van der Waals surface area contributed by atoms with Crippen LogP contribution in [0.15, 0.2) is 18.2 Å². The van der Waals surface area contributed by atoms with Crippen molar-refractivity contribution in [2.24, 2.45) is 0 Å². The number of carbonyl (C=O) groups excluding carboxylic acids is 1. The van der Waals surface area contributed by atoms with Gasteiger partial charge in [0.1, 0.15) is 11.5 Å². The third kappa shape index (κ3) is 3.55. The summed E-state index contributed by atoms with van der Waals surface area (Å²) in [6, 6.07) is 1.85. The van der Waals surface area contributed by atoms with Crippen LogP contribution in [0.3, 0.4) is 0 Å². The summed E-state index contributed by atoms with van der Waals surface area (Å²) in [7, 11) is 0. The molecule has 0 atom stereocenters. The zero-order chi connectivity index (χ0) is 13.7. The van der Waals surface area contributed by atoms with Gasteiger partial charge in [0.15, 0.2) is 0 Å². The average molecular weight is 253 g/mol. The van der Waals surface area contributed by atoms with Gasteiger partial charge in [0, 0.05) is 19.0 Å². The summed E-state index contributed by atoms with van der Waals surface area (Å²) in [5.74, 6) is -0.951. The maximum atomic E-state index is 13.1. The smallest absolute Gasteiger partial charge is 0.295 e. The van der Waals surface area contributed by atoms with Crippen molar-refractivity contribution in [1.82, 2.24) is 5.32 Å². The van der Waals surface area contributed by atoms with E-state index in [2.05, 4.69) is 5.32 Å². The summed E-state index contributed by atoms with van der Waals surface area (Å²) in [5.41, 5.74) is 5.16. The molecule has 0 aliphatic carbocycles. The van der Waals surface area contributed by atoms with Crippen LogP contribution in [-0.2, 0) is 4.79 Å². The highest BCUT2D eigenvalue weighted by Gasteiger charge is 2.15. The normalized spacial score (nSPS) is 10.6. The van der Waals surface area contributed by atoms with Crippen LogP contribution < -0.4 is 11.1 Å². The van der Waals surface area contributed by atoms with Crippen LogP contribution in [0.2, 0.25) is 0 Å². The van der Waals surface area contributed by atoms with E-state index in [-0.39, 0.29) is 23.7 Å². The molecule has 1 aromatic rings. The summed E-state index contributed by atoms with van der Waals surface area (Å²) in [6.45, 7) is 1.59. The Labute approximate surface area is 102 Å². The fourth-order valence-electron chi connectivity index (χ4n) is 1.30. The lowest BCUT2D eigenvalue weighted by molar-refractivity contribution is -0.384. The molecule has 0 aromatic heterocycles. The minimum absolute atomic E-state index is 0.111. The lowest BCUT2D eigenvalue weighted by Gasteiger charge is -2.02. The van der Waals surface area contributed by atoms with Gasteiger partial charge in [-0.05, 0) is 6.07 Å². The third-order valence-electron chi connectivity index (χ3n) is 2.12. The average Bonchev–Trinajstić information content (AvgIpc) is 2.27. The fraction of sp³-hybridized carbons (Fsp3) is 0.182. The van der Waals surface area contributed by atoms with Gasteiger partial charge in [-0.3, -0.25) is 14.9 Å². The van der Waals surface area contributed by atoms with E-state index >= 15 is 0 Å². The van der Waals surface area contributed by atoms with Crippen molar-refractivity contribution in [3.8, 4) is 0 Å². The monoisotopic (exact) mass is 253 g/mol. The van der Waals surface area contributed by atoms with Gasteiger partial charge >= 0.3 is 0 Å². The Bertz CT molecular complexity index is 515. The molecule has 0 fully saturated rings. The molecule has 96 valence electrons. The number of halogens is 1. The predicted molar refractivity (Wildman–Crippen MR) is 65.2 cm³/mol. The Hall–Kier alpha value is -2.44. The van der Waals surface area contributed by atoms with E-state index in [4.69, 9.17) is 5.73 Å². The standard InChI is InChI=1S/C11H12FN3O3/c1-7(16)14-4-2-3-8-5-9(12)6-10(11(8)13)15(17)18/h2-3,5-6H,4,13H2,1H3,(H,14,16). The predicted octanol–water partition coefficient (Wildman–Crippen LogP) is 1.47. The number of benzene rings is 1. The summed E-state index contributed by atoms with van der Waals surface area (Å²) in [4.78, 5) is 20.5. The highest BCUT2D eigenvalue weighted by molar-refractivity contribution is 5.75. The van der Waals surface area contributed by atoms with Gasteiger partial charge in [-0.1, -0.05) is 12.2 Å². The number of hydrogen-bond donors (Lipinski definition) is 2. The lowest BCUT2D eigenvalue weighted by atomic mass is 10.1. The molecule has 7 heteroatoms. The van der Waals surface area contributed by atoms with Crippen LogP contribution in [-0.4, -0.2) is 17.4 Å². The minimum atomic E-state index is -0.746. The number of nitro groups is 1. The van der Waals surface area contributed by atoms with Crippen molar-refractivity contribution >= 4 is 23.4 Å². The topological polar surface area (TPSA) is 98.3 Å². The molecule has 0 spiro atoms. The van der Waals surface area contributed by atoms with Gasteiger partial charge in [-0.2, -0.15) is 0 Å². The first-order valence-corrected chi connectivity index (χ1v) is 5.06. The van der Waals surface area contributed by atoms with Crippen LogP contribution in [0.25, 0.3) is 6.08 Å². The zero-order valence-electron chi connectivity index (χ0n) is 9.64. The van der Waals surface area contributed by atoms with Crippen molar-refractivity contribution < 1.29 is 14.1 Å². The van der Waals surface area contributed by atoms with Gasteiger partial charge in [-0.25, -0.2) is 4.39 Å². The van der Waals surface area contributed by atoms with Crippen LogP contribution in [0, 0.1) is 15.9 Å². The highest BCUT2D eigenvalue weighted by atomic mass is 19.1. The van der Waals surface area contributed by atoms with Crippen LogP contribution in [0.1, 0.15) is 12.5 Å². The summed E-state index contributed by atoms with van der Waals surface area (Å²) < 4.78 is 13.1. The quantitative estimate of drug-likeness (QED) is 0.482. The summed E-state index contributed by atoms with van der Waals surface area (Å²) in [5, 5.41) is 13.1. The van der Waals surface area contributed by atoms with E-state index in [0.717, 1.165) is 12.1 Å². The molecule has 1 aromatic carbocycles. The Morgan fingerprint density at radius 1 is 1.61 bits per heavy atom. The van der Waals surface area contributed by atoms with Crippen molar-refractivity contribution in [3.05, 3.63) is 39.7 Å². The van der Waals surface area contributed by atoms with Crippen LogP contribution in [0.5, 0.6) is 0 Å². The maximum Gasteiger partial charge on any atom is 0.295 e. The third-order valence-corrected chi connectivity index (χ3v) is 2.12. The second-order valence-electron chi connectivity index (χ2n) is 3.52. The molecule has 6 nitrogen and oxygen atoms in total. The van der Waals surface area contributed by atoms with Crippen LogP contribution >= 0.6 is 0 Å².